The van der Waals surface area contributed by atoms with Gasteiger partial charge in [-0.1, -0.05) is 31.0 Å². The minimum absolute atomic E-state index is 0.0317. The van der Waals surface area contributed by atoms with Crippen LogP contribution in [0.1, 0.15) is 45.4 Å². The molecule has 1 atom stereocenters. The van der Waals surface area contributed by atoms with Crippen LogP contribution in [0.2, 0.25) is 0 Å². The van der Waals surface area contributed by atoms with E-state index in [1.54, 1.807) is 4.57 Å². The van der Waals surface area contributed by atoms with Crippen LogP contribution in [0, 0.1) is 0 Å². The number of nitrogens with zero attached hydrogens (tertiary/aromatic N) is 3. The topological polar surface area (TPSA) is 108 Å². The zero-order valence-electron chi connectivity index (χ0n) is 16.1. The van der Waals surface area contributed by atoms with Gasteiger partial charge >= 0.3 is 6.03 Å². The summed E-state index contributed by atoms with van der Waals surface area (Å²) in [7, 11) is 0. The van der Waals surface area contributed by atoms with Crippen molar-refractivity contribution in [3.8, 4) is 5.88 Å². The summed E-state index contributed by atoms with van der Waals surface area (Å²) in [5.41, 5.74) is 1.21. The summed E-state index contributed by atoms with van der Waals surface area (Å²) in [5, 5.41) is 24.6. The summed E-state index contributed by atoms with van der Waals surface area (Å²) in [4.78, 5) is 23.3. The number of aromatic hydroxyl groups is 1. The monoisotopic (exact) mass is 385 g/mol. The van der Waals surface area contributed by atoms with Gasteiger partial charge in [-0.3, -0.25) is 4.79 Å². The largest absolute Gasteiger partial charge is 0.493 e. The lowest BCUT2D eigenvalue weighted by atomic mass is 10.0. The van der Waals surface area contributed by atoms with Crippen molar-refractivity contribution in [2.75, 3.05) is 6.54 Å². The molecule has 1 saturated heterocycles. The molecule has 1 aromatic heterocycles. The second-order valence-electron chi connectivity index (χ2n) is 7.01. The van der Waals surface area contributed by atoms with Crippen molar-refractivity contribution < 1.29 is 14.7 Å². The summed E-state index contributed by atoms with van der Waals surface area (Å²) in [6.45, 7) is 3.26. The second-order valence-corrected chi connectivity index (χ2v) is 7.01. The minimum Gasteiger partial charge on any atom is -0.493 e. The number of fused-ring (bicyclic) bond motifs is 1. The fourth-order valence-electron chi connectivity index (χ4n) is 3.57. The molecule has 3 amide bonds. The minimum atomic E-state index is -0.289. The Bertz CT molecular complexity index is 874. The Labute approximate surface area is 164 Å². The highest BCUT2D eigenvalue weighted by molar-refractivity contribution is 5.95. The molecular formula is C20H27N5O3. The highest BCUT2D eigenvalue weighted by atomic mass is 16.3. The van der Waals surface area contributed by atoms with E-state index in [0.717, 1.165) is 49.6 Å². The van der Waals surface area contributed by atoms with Crippen molar-refractivity contribution in [1.29, 1.82) is 0 Å². The lowest BCUT2D eigenvalue weighted by Gasteiger charge is -2.24. The van der Waals surface area contributed by atoms with E-state index in [9.17, 15) is 14.7 Å². The van der Waals surface area contributed by atoms with Crippen molar-refractivity contribution in [3.05, 3.63) is 24.3 Å². The first-order valence-electron chi connectivity index (χ1n) is 9.89. The molecule has 1 aromatic carbocycles. The van der Waals surface area contributed by atoms with Crippen LogP contribution in [0.15, 0.2) is 34.5 Å². The van der Waals surface area contributed by atoms with Crippen molar-refractivity contribution in [1.82, 2.24) is 15.2 Å². The Morgan fingerprint density at radius 1 is 1.29 bits per heavy atom. The van der Waals surface area contributed by atoms with Crippen LogP contribution in [0.25, 0.3) is 10.9 Å². The summed E-state index contributed by atoms with van der Waals surface area (Å²) >= 11 is 0. The second kappa shape index (κ2) is 9.34. The smallest absolute Gasteiger partial charge is 0.315 e. The Balaban J connectivity index is 1.47. The van der Waals surface area contributed by atoms with Gasteiger partial charge in [0.1, 0.15) is 0 Å². The predicted octanol–water partition coefficient (Wildman–Crippen LogP) is 4.00. The van der Waals surface area contributed by atoms with Crippen LogP contribution in [0.5, 0.6) is 5.88 Å². The van der Waals surface area contributed by atoms with E-state index < -0.39 is 0 Å². The average Bonchev–Trinajstić information content (AvgIpc) is 2.96. The van der Waals surface area contributed by atoms with E-state index in [1.165, 1.54) is 0 Å². The van der Waals surface area contributed by atoms with Gasteiger partial charge in [0.15, 0.2) is 5.69 Å². The number of hydrogen-bond donors (Lipinski definition) is 3. The molecule has 8 heteroatoms. The van der Waals surface area contributed by atoms with Gasteiger partial charge in [0.05, 0.1) is 5.52 Å². The molecular weight excluding hydrogens is 358 g/mol. The number of rotatable bonds is 8. The molecule has 0 bridgehead atoms. The van der Waals surface area contributed by atoms with Gasteiger partial charge in [0.2, 0.25) is 5.88 Å². The fourth-order valence-corrected chi connectivity index (χ4v) is 3.57. The lowest BCUT2D eigenvalue weighted by Crippen LogP contribution is -2.49. The van der Waals surface area contributed by atoms with Crippen LogP contribution < -0.4 is 10.6 Å². The zero-order valence-corrected chi connectivity index (χ0v) is 16.1. The van der Waals surface area contributed by atoms with Crippen LogP contribution in [-0.4, -0.2) is 34.2 Å². The lowest BCUT2D eigenvalue weighted by molar-refractivity contribution is -0.118. The molecule has 8 nitrogen and oxygen atoms in total. The Morgan fingerprint density at radius 3 is 2.89 bits per heavy atom. The first-order chi connectivity index (χ1) is 13.6. The van der Waals surface area contributed by atoms with E-state index in [0.29, 0.717) is 18.7 Å². The molecule has 0 aliphatic carbocycles. The third kappa shape index (κ3) is 4.68. The Kier molecular flexibility index (Phi) is 6.62. The number of nitrogens with one attached hydrogen (secondary N) is 2. The Hall–Kier alpha value is -2.90. The number of amides is 3. The van der Waals surface area contributed by atoms with Crippen LogP contribution >= 0.6 is 0 Å². The standard InChI is InChI=1S/C20H27N5O3/c1-2-25-16-10-7-6-9-15(16)18(19(25)27)24-23-17(26)11-5-3-4-8-14-12-13-21-20(28)22-14/h6-7,9-10,14,27H,2-5,8,11-13H2,1H3,(H2,21,22,28)/t14-/m1/s1. The number of carbonyl (C=O) groups is 2. The number of para-hydroxylation sites is 1. The maximum absolute atomic E-state index is 12.0. The fraction of sp³-hybridized carbons (Fsp3) is 0.500. The van der Waals surface area contributed by atoms with Crippen LogP contribution in [0.3, 0.4) is 0 Å². The van der Waals surface area contributed by atoms with Gasteiger partial charge in [-0.2, -0.15) is 0 Å². The number of carbonyl (C=O) groups excluding carboxylic acids is 2. The van der Waals surface area contributed by atoms with E-state index in [-0.39, 0.29) is 23.9 Å². The molecule has 150 valence electrons. The summed E-state index contributed by atoms with van der Waals surface area (Å²) in [6.07, 6.45) is 4.79. The van der Waals surface area contributed by atoms with Crippen molar-refractivity contribution in [3.63, 3.8) is 0 Å². The molecule has 1 aliphatic heterocycles. The van der Waals surface area contributed by atoms with Gasteiger partial charge in [-0.15, -0.1) is 10.2 Å². The maximum Gasteiger partial charge on any atom is 0.315 e. The number of aryl methyl sites for hydroxylation is 1. The van der Waals surface area contributed by atoms with Crippen molar-refractivity contribution in [2.45, 2.75) is 58.0 Å². The highest BCUT2D eigenvalue weighted by Gasteiger charge is 2.17. The highest BCUT2D eigenvalue weighted by Crippen LogP contribution is 2.38. The summed E-state index contributed by atoms with van der Waals surface area (Å²) < 4.78 is 1.74. The SMILES string of the molecule is CCn1c(O)c(N=NC(=O)CCCCC[C@@H]2CCNC(=O)N2)c2ccccc21. The van der Waals surface area contributed by atoms with E-state index in [1.807, 2.05) is 31.2 Å². The number of urea groups is 1. The molecule has 28 heavy (non-hydrogen) atoms. The van der Waals surface area contributed by atoms with E-state index in [2.05, 4.69) is 20.9 Å². The summed E-state index contributed by atoms with van der Waals surface area (Å²) in [5.74, 6) is -0.257. The van der Waals surface area contributed by atoms with Crippen molar-refractivity contribution >= 4 is 28.5 Å². The first kappa shape index (κ1) is 19.9. The molecule has 1 aliphatic rings. The molecule has 1 fully saturated rings. The average molecular weight is 385 g/mol. The van der Waals surface area contributed by atoms with Crippen molar-refractivity contribution in [2.24, 2.45) is 10.2 Å². The first-order valence-corrected chi connectivity index (χ1v) is 9.89. The molecule has 3 N–H and O–H groups in total. The Morgan fingerprint density at radius 2 is 2.11 bits per heavy atom. The van der Waals surface area contributed by atoms with Crippen LogP contribution in [-0.2, 0) is 11.3 Å². The number of azo groups is 1. The number of aromatic nitrogens is 1. The van der Waals surface area contributed by atoms with E-state index >= 15 is 0 Å². The number of benzene rings is 1. The zero-order chi connectivity index (χ0) is 19.9. The number of unbranched alkanes of at least 4 members (excludes halogenated alkanes) is 2. The molecule has 0 radical (unpaired) electrons. The summed E-state index contributed by atoms with van der Waals surface area (Å²) in [6, 6.07) is 7.66. The predicted molar refractivity (Wildman–Crippen MR) is 107 cm³/mol. The van der Waals surface area contributed by atoms with Crippen LogP contribution in [0.4, 0.5) is 10.5 Å². The molecule has 2 aromatic rings. The number of hydrogen-bond acceptors (Lipinski definition) is 4. The third-order valence-electron chi connectivity index (χ3n) is 5.05. The van der Waals surface area contributed by atoms with Gasteiger partial charge in [-0.05, 0) is 32.3 Å². The van der Waals surface area contributed by atoms with E-state index in [4.69, 9.17) is 0 Å². The molecule has 2 heterocycles. The molecule has 0 saturated carbocycles. The van der Waals surface area contributed by atoms with Gasteiger partial charge in [0.25, 0.3) is 5.91 Å². The van der Waals surface area contributed by atoms with Gasteiger partial charge in [0, 0.05) is 30.9 Å². The quantitative estimate of drug-likeness (QED) is 0.472. The molecule has 0 spiro atoms. The maximum atomic E-state index is 12.0. The van der Waals surface area contributed by atoms with Gasteiger partial charge < -0.3 is 20.3 Å². The van der Waals surface area contributed by atoms with Gasteiger partial charge in [-0.25, -0.2) is 4.79 Å². The molecule has 0 unspecified atom stereocenters. The third-order valence-corrected chi connectivity index (χ3v) is 5.05. The normalized spacial score (nSPS) is 17.0. The molecule has 3 rings (SSSR count).